The molecule has 4 rings (SSSR count). The molecule has 1 aliphatic rings. The van der Waals surface area contributed by atoms with Crippen LogP contribution in [0.15, 0.2) is 48.9 Å². The molecule has 1 N–H and O–H groups in total. The highest BCUT2D eigenvalue weighted by molar-refractivity contribution is 6.04. The zero-order valence-electron chi connectivity index (χ0n) is 16.1. The monoisotopic (exact) mass is 377 g/mol. The minimum absolute atomic E-state index is 0.184. The van der Waals surface area contributed by atoms with Crippen LogP contribution < -0.4 is 15.0 Å². The Kier molecular flexibility index (Phi) is 4.97. The molecule has 1 aliphatic heterocycles. The minimum Gasteiger partial charge on any atom is -0.497 e. The number of benzene rings is 1. The first-order valence-electron chi connectivity index (χ1n) is 9.33. The van der Waals surface area contributed by atoms with Crippen molar-refractivity contribution in [1.82, 2.24) is 14.5 Å². The summed E-state index contributed by atoms with van der Waals surface area (Å²) < 4.78 is 7.01. The lowest BCUT2D eigenvalue weighted by Crippen LogP contribution is -2.20. The van der Waals surface area contributed by atoms with Gasteiger partial charge in [-0.25, -0.2) is 9.97 Å². The molecule has 144 valence electrons. The molecule has 1 fully saturated rings. The van der Waals surface area contributed by atoms with E-state index in [2.05, 4.69) is 20.2 Å². The summed E-state index contributed by atoms with van der Waals surface area (Å²) in [5, 5.41) is 2.91. The van der Waals surface area contributed by atoms with Crippen LogP contribution in [0.25, 0.3) is 11.1 Å². The second-order valence-electron chi connectivity index (χ2n) is 6.88. The zero-order valence-corrected chi connectivity index (χ0v) is 16.1. The standard InChI is InChI=1S/C21H23N5O2/c1-25-14-15(16-12-22-21(23-13-16)26-8-3-4-9-26)10-19(25)20(27)24-17-6-5-7-18(11-17)28-2/h5-7,10-14H,3-4,8-9H2,1-2H3,(H,24,27). The van der Waals surface area contributed by atoms with Gasteiger partial charge in [-0.1, -0.05) is 6.07 Å². The Morgan fingerprint density at radius 3 is 2.57 bits per heavy atom. The van der Waals surface area contributed by atoms with Crippen molar-refractivity contribution < 1.29 is 9.53 Å². The summed E-state index contributed by atoms with van der Waals surface area (Å²) >= 11 is 0. The first-order chi connectivity index (χ1) is 13.6. The minimum atomic E-state index is -0.184. The predicted octanol–water partition coefficient (Wildman–Crippen LogP) is 3.34. The van der Waals surface area contributed by atoms with E-state index in [9.17, 15) is 4.79 Å². The van der Waals surface area contributed by atoms with Gasteiger partial charge in [-0.15, -0.1) is 0 Å². The maximum absolute atomic E-state index is 12.7. The molecule has 0 saturated carbocycles. The molecule has 28 heavy (non-hydrogen) atoms. The van der Waals surface area contributed by atoms with Gasteiger partial charge < -0.3 is 19.5 Å². The first kappa shape index (κ1) is 18.0. The van der Waals surface area contributed by atoms with Gasteiger partial charge in [-0.3, -0.25) is 4.79 Å². The van der Waals surface area contributed by atoms with Crippen LogP contribution in [-0.2, 0) is 7.05 Å². The number of nitrogens with one attached hydrogen (secondary N) is 1. The predicted molar refractivity (Wildman–Crippen MR) is 109 cm³/mol. The van der Waals surface area contributed by atoms with E-state index in [0.717, 1.165) is 30.2 Å². The Morgan fingerprint density at radius 1 is 1.11 bits per heavy atom. The van der Waals surface area contributed by atoms with Crippen molar-refractivity contribution >= 4 is 17.5 Å². The normalized spacial score (nSPS) is 13.6. The van der Waals surface area contributed by atoms with E-state index < -0.39 is 0 Å². The molecular weight excluding hydrogens is 354 g/mol. The number of carbonyl (C=O) groups is 1. The van der Waals surface area contributed by atoms with E-state index in [1.807, 2.05) is 49.9 Å². The summed E-state index contributed by atoms with van der Waals surface area (Å²) in [5.41, 5.74) is 3.04. The van der Waals surface area contributed by atoms with Gasteiger partial charge in [-0.05, 0) is 31.0 Å². The number of ether oxygens (including phenoxy) is 1. The summed E-state index contributed by atoms with van der Waals surface area (Å²) in [6.07, 6.45) is 7.93. The van der Waals surface area contributed by atoms with Crippen LogP contribution in [0.1, 0.15) is 23.3 Å². The molecule has 0 aliphatic carbocycles. The van der Waals surface area contributed by atoms with Crippen molar-refractivity contribution in [2.24, 2.45) is 7.05 Å². The molecule has 3 heterocycles. The Hall–Kier alpha value is -3.35. The molecule has 0 spiro atoms. The molecule has 0 atom stereocenters. The molecule has 7 heteroatoms. The lowest BCUT2D eigenvalue weighted by Gasteiger charge is -2.14. The topological polar surface area (TPSA) is 72.3 Å². The fraction of sp³-hybridized carbons (Fsp3) is 0.286. The van der Waals surface area contributed by atoms with Gasteiger partial charge in [0.25, 0.3) is 5.91 Å². The third kappa shape index (κ3) is 3.69. The van der Waals surface area contributed by atoms with Crippen molar-refractivity contribution in [3.63, 3.8) is 0 Å². The highest BCUT2D eigenvalue weighted by atomic mass is 16.5. The Labute approximate surface area is 164 Å². The number of anilines is 2. The summed E-state index contributed by atoms with van der Waals surface area (Å²) in [7, 11) is 3.45. The van der Waals surface area contributed by atoms with E-state index in [0.29, 0.717) is 17.1 Å². The van der Waals surface area contributed by atoms with Crippen LogP contribution in [0, 0.1) is 0 Å². The Morgan fingerprint density at radius 2 is 1.86 bits per heavy atom. The van der Waals surface area contributed by atoms with Gasteiger partial charge in [-0.2, -0.15) is 0 Å². The van der Waals surface area contributed by atoms with Crippen molar-refractivity contribution in [2.75, 3.05) is 30.4 Å². The molecule has 0 bridgehead atoms. The van der Waals surface area contributed by atoms with Gasteiger partial charge in [0.05, 0.1) is 7.11 Å². The summed E-state index contributed by atoms with van der Waals surface area (Å²) in [6, 6.07) is 9.14. The van der Waals surface area contributed by atoms with Gasteiger partial charge in [0.15, 0.2) is 0 Å². The number of nitrogens with zero attached hydrogens (tertiary/aromatic N) is 4. The van der Waals surface area contributed by atoms with Crippen LogP contribution in [0.5, 0.6) is 5.75 Å². The van der Waals surface area contributed by atoms with Crippen molar-refractivity contribution in [1.29, 1.82) is 0 Å². The van der Waals surface area contributed by atoms with Crippen molar-refractivity contribution in [3.8, 4) is 16.9 Å². The SMILES string of the molecule is COc1cccc(NC(=O)c2cc(-c3cnc(N4CCCC4)nc3)cn2C)c1. The van der Waals surface area contributed by atoms with Crippen molar-refractivity contribution in [3.05, 3.63) is 54.6 Å². The maximum atomic E-state index is 12.7. The summed E-state index contributed by atoms with van der Waals surface area (Å²) in [5.74, 6) is 1.28. The highest BCUT2D eigenvalue weighted by Crippen LogP contribution is 2.24. The van der Waals surface area contributed by atoms with E-state index in [-0.39, 0.29) is 5.91 Å². The van der Waals surface area contributed by atoms with E-state index in [1.54, 1.807) is 17.7 Å². The third-order valence-corrected chi connectivity index (χ3v) is 4.93. The molecule has 2 aromatic heterocycles. The number of rotatable bonds is 5. The smallest absolute Gasteiger partial charge is 0.272 e. The molecule has 0 radical (unpaired) electrons. The zero-order chi connectivity index (χ0) is 19.5. The molecule has 1 saturated heterocycles. The first-order valence-corrected chi connectivity index (χ1v) is 9.33. The number of hydrogen-bond donors (Lipinski definition) is 1. The average Bonchev–Trinajstić information content (AvgIpc) is 3.38. The molecule has 0 unspecified atom stereocenters. The number of amides is 1. The lowest BCUT2D eigenvalue weighted by atomic mass is 10.2. The Balaban J connectivity index is 1.51. The number of aromatic nitrogens is 3. The van der Waals surface area contributed by atoms with E-state index in [1.165, 1.54) is 12.8 Å². The highest BCUT2D eigenvalue weighted by Gasteiger charge is 2.16. The van der Waals surface area contributed by atoms with Crippen molar-refractivity contribution in [2.45, 2.75) is 12.8 Å². The van der Waals surface area contributed by atoms with Gasteiger partial charge in [0.2, 0.25) is 5.95 Å². The summed E-state index contributed by atoms with van der Waals surface area (Å²) in [4.78, 5) is 23.9. The van der Waals surface area contributed by atoms with Crippen LogP contribution in [0.4, 0.5) is 11.6 Å². The fourth-order valence-electron chi connectivity index (χ4n) is 3.39. The molecule has 3 aromatic rings. The van der Waals surface area contributed by atoms with Gasteiger partial charge in [0.1, 0.15) is 11.4 Å². The number of aryl methyl sites for hydroxylation is 1. The van der Waals surface area contributed by atoms with E-state index >= 15 is 0 Å². The maximum Gasteiger partial charge on any atom is 0.272 e. The summed E-state index contributed by atoms with van der Waals surface area (Å²) in [6.45, 7) is 2.03. The fourth-order valence-corrected chi connectivity index (χ4v) is 3.39. The molecule has 1 aromatic carbocycles. The van der Waals surface area contributed by atoms with Gasteiger partial charge in [0, 0.05) is 61.6 Å². The van der Waals surface area contributed by atoms with Crippen LogP contribution >= 0.6 is 0 Å². The second kappa shape index (κ2) is 7.72. The quantitative estimate of drug-likeness (QED) is 0.738. The Bertz CT molecular complexity index is 975. The van der Waals surface area contributed by atoms with Crippen LogP contribution in [0.3, 0.4) is 0 Å². The lowest BCUT2D eigenvalue weighted by molar-refractivity contribution is 0.101. The average molecular weight is 377 g/mol. The van der Waals surface area contributed by atoms with Crippen LogP contribution in [-0.4, -0.2) is 40.6 Å². The van der Waals surface area contributed by atoms with Gasteiger partial charge >= 0.3 is 0 Å². The second-order valence-corrected chi connectivity index (χ2v) is 6.88. The number of carbonyl (C=O) groups excluding carboxylic acids is 1. The van der Waals surface area contributed by atoms with Crippen LogP contribution in [0.2, 0.25) is 0 Å². The van der Waals surface area contributed by atoms with E-state index in [4.69, 9.17) is 4.74 Å². The third-order valence-electron chi connectivity index (χ3n) is 4.93. The largest absolute Gasteiger partial charge is 0.497 e. The molecule has 1 amide bonds. The number of hydrogen-bond acceptors (Lipinski definition) is 5. The molecule has 7 nitrogen and oxygen atoms in total. The number of methoxy groups -OCH3 is 1. The molecular formula is C21H23N5O2.